The third-order valence-corrected chi connectivity index (χ3v) is 3.63. The molecule has 0 amide bonds. The predicted octanol–water partition coefficient (Wildman–Crippen LogP) is 1.92. The zero-order chi connectivity index (χ0) is 12.8. The van der Waals surface area contributed by atoms with Crippen molar-refractivity contribution in [3.8, 4) is 0 Å². The van der Waals surface area contributed by atoms with Gasteiger partial charge in [-0.2, -0.15) is 0 Å². The summed E-state index contributed by atoms with van der Waals surface area (Å²) >= 11 is 0. The second-order valence-corrected chi connectivity index (χ2v) is 5.30. The van der Waals surface area contributed by atoms with Gasteiger partial charge in [0.2, 0.25) is 0 Å². The summed E-state index contributed by atoms with van der Waals surface area (Å²) in [4.78, 5) is 0. The van der Waals surface area contributed by atoms with E-state index in [-0.39, 0.29) is 0 Å². The summed E-state index contributed by atoms with van der Waals surface area (Å²) in [5.41, 5.74) is 6.83. The number of hydrogen-bond donors (Lipinski definition) is 2. The first kappa shape index (κ1) is 13.5. The maximum atomic E-state index is 5.87. The van der Waals surface area contributed by atoms with Crippen LogP contribution in [0, 0.1) is 5.92 Å². The fourth-order valence-corrected chi connectivity index (χ4v) is 2.22. The van der Waals surface area contributed by atoms with Crippen LogP contribution in [0.4, 0.5) is 0 Å². The highest BCUT2D eigenvalue weighted by Gasteiger charge is 2.29. The molecular formula is C15H24N2O. The number of nitrogens with one attached hydrogen (secondary N) is 1. The molecule has 1 aromatic rings. The van der Waals surface area contributed by atoms with Crippen LogP contribution >= 0.6 is 0 Å². The van der Waals surface area contributed by atoms with Gasteiger partial charge < -0.3 is 15.8 Å². The first-order chi connectivity index (χ1) is 8.78. The molecule has 0 heterocycles. The summed E-state index contributed by atoms with van der Waals surface area (Å²) in [5, 5.41) is 3.45. The molecule has 0 spiro atoms. The van der Waals surface area contributed by atoms with Crippen molar-refractivity contribution in [1.29, 1.82) is 0 Å². The number of hydrogen-bond acceptors (Lipinski definition) is 3. The van der Waals surface area contributed by atoms with E-state index < -0.39 is 0 Å². The molecule has 3 N–H and O–H groups in total. The molecule has 2 rings (SSSR count). The maximum absolute atomic E-state index is 5.87. The van der Waals surface area contributed by atoms with Gasteiger partial charge in [0.1, 0.15) is 0 Å². The highest BCUT2D eigenvalue weighted by atomic mass is 16.5. The lowest BCUT2D eigenvalue weighted by atomic mass is 9.82. The van der Waals surface area contributed by atoms with Gasteiger partial charge in [0.15, 0.2) is 0 Å². The largest absolute Gasteiger partial charge is 0.374 e. The van der Waals surface area contributed by atoms with E-state index in [1.807, 2.05) is 6.07 Å². The van der Waals surface area contributed by atoms with E-state index in [2.05, 4.69) is 36.5 Å². The van der Waals surface area contributed by atoms with Crippen LogP contribution in [0.2, 0.25) is 0 Å². The lowest BCUT2D eigenvalue weighted by Gasteiger charge is -2.36. The van der Waals surface area contributed by atoms with E-state index >= 15 is 0 Å². The van der Waals surface area contributed by atoms with Crippen LogP contribution in [0.1, 0.15) is 25.3 Å². The second-order valence-electron chi connectivity index (χ2n) is 5.30. The summed E-state index contributed by atoms with van der Waals surface area (Å²) in [6.45, 7) is 4.65. The Balaban J connectivity index is 1.56. The molecular weight excluding hydrogens is 224 g/mol. The minimum atomic E-state index is 0.425. The summed E-state index contributed by atoms with van der Waals surface area (Å²) in [6.07, 6.45) is 2.80. The molecule has 3 nitrogen and oxygen atoms in total. The Hall–Kier alpha value is -0.900. The molecule has 1 fully saturated rings. The van der Waals surface area contributed by atoms with Crippen molar-refractivity contribution in [2.45, 2.75) is 38.5 Å². The van der Waals surface area contributed by atoms with Crippen molar-refractivity contribution in [3.63, 3.8) is 0 Å². The molecule has 1 atom stereocenters. The zero-order valence-corrected chi connectivity index (χ0v) is 11.1. The van der Waals surface area contributed by atoms with E-state index in [0.717, 1.165) is 19.1 Å². The Kier molecular flexibility index (Phi) is 5.17. The molecule has 1 aliphatic carbocycles. The van der Waals surface area contributed by atoms with Gasteiger partial charge in [0.25, 0.3) is 0 Å². The first-order valence-corrected chi connectivity index (χ1v) is 6.87. The molecule has 0 aliphatic heterocycles. The Bertz CT molecular complexity index is 336. The van der Waals surface area contributed by atoms with Gasteiger partial charge >= 0.3 is 0 Å². The van der Waals surface area contributed by atoms with Gasteiger partial charge in [0.05, 0.1) is 12.7 Å². The van der Waals surface area contributed by atoms with Gasteiger partial charge in [-0.1, -0.05) is 30.3 Å². The molecule has 1 aromatic carbocycles. The zero-order valence-electron chi connectivity index (χ0n) is 11.1. The summed E-state index contributed by atoms with van der Waals surface area (Å²) in [6, 6.07) is 10.8. The van der Waals surface area contributed by atoms with Crippen LogP contribution < -0.4 is 11.1 Å². The second kappa shape index (κ2) is 6.88. The minimum absolute atomic E-state index is 0.425. The van der Waals surface area contributed by atoms with E-state index in [9.17, 15) is 0 Å². The highest BCUT2D eigenvalue weighted by Crippen LogP contribution is 2.30. The third-order valence-electron chi connectivity index (χ3n) is 3.63. The molecule has 1 saturated carbocycles. The number of ether oxygens (including phenoxy) is 1. The SMILES string of the molecule is C[C@H](CN)NCC1CC(OCc2ccccc2)C1. The Morgan fingerprint density at radius 3 is 2.72 bits per heavy atom. The van der Waals surface area contributed by atoms with E-state index in [1.165, 1.54) is 18.4 Å². The monoisotopic (exact) mass is 248 g/mol. The molecule has 1 aliphatic rings. The lowest BCUT2D eigenvalue weighted by molar-refractivity contribution is -0.0399. The smallest absolute Gasteiger partial charge is 0.0720 e. The molecule has 0 aromatic heterocycles. The standard InChI is InChI=1S/C15H24N2O/c1-12(9-16)17-10-14-7-15(8-14)18-11-13-5-3-2-4-6-13/h2-6,12,14-15,17H,7-11,16H2,1H3/t12-,14?,15?/m1/s1. The van der Waals surface area contributed by atoms with Crippen molar-refractivity contribution in [1.82, 2.24) is 5.32 Å². The molecule has 3 heteroatoms. The van der Waals surface area contributed by atoms with Gasteiger partial charge in [-0.25, -0.2) is 0 Å². The fourth-order valence-electron chi connectivity index (χ4n) is 2.22. The number of rotatable bonds is 7. The Morgan fingerprint density at radius 1 is 1.33 bits per heavy atom. The molecule has 0 bridgehead atoms. The van der Waals surface area contributed by atoms with Crippen LogP contribution in [0.3, 0.4) is 0 Å². The molecule has 0 saturated heterocycles. The molecule has 0 unspecified atom stereocenters. The number of benzene rings is 1. The van der Waals surface area contributed by atoms with Gasteiger partial charge in [0, 0.05) is 12.6 Å². The van der Waals surface area contributed by atoms with Crippen molar-refractivity contribution >= 4 is 0 Å². The van der Waals surface area contributed by atoms with Crippen LogP contribution in [0.15, 0.2) is 30.3 Å². The van der Waals surface area contributed by atoms with Crippen molar-refractivity contribution in [2.24, 2.45) is 11.7 Å². The maximum Gasteiger partial charge on any atom is 0.0720 e. The lowest BCUT2D eigenvalue weighted by Crippen LogP contribution is -2.42. The van der Waals surface area contributed by atoms with Crippen molar-refractivity contribution in [2.75, 3.05) is 13.1 Å². The average molecular weight is 248 g/mol. The molecule has 0 radical (unpaired) electrons. The predicted molar refractivity (Wildman–Crippen MR) is 74.3 cm³/mol. The highest BCUT2D eigenvalue weighted by molar-refractivity contribution is 5.13. The summed E-state index contributed by atoms with van der Waals surface area (Å²) < 4.78 is 5.87. The van der Waals surface area contributed by atoms with Crippen LogP contribution in [-0.2, 0) is 11.3 Å². The van der Waals surface area contributed by atoms with Gasteiger partial charge in [-0.3, -0.25) is 0 Å². The summed E-state index contributed by atoms with van der Waals surface area (Å²) in [7, 11) is 0. The quantitative estimate of drug-likeness (QED) is 0.775. The van der Waals surface area contributed by atoms with E-state index in [0.29, 0.717) is 18.7 Å². The van der Waals surface area contributed by atoms with Crippen molar-refractivity contribution < 1.29 is 4.74 Å². The summed E-state index contributed by atoms with van der Waals surface area (Å²) in [5.74, 6) is 0.764. The molecule has 18 heavy (non-hydrogen) atoms. The van der Waals surface area contributed by atoms with Gasteiger partial charge in [-0.05, 0) is 37.8 Å². The average Bonchev–Trinajstić information content (AvgIpc) is 2.37. The molecule has 100 valence electrons. The topological polar surface area (TPSA) is 47.3 Å². The normalized spacial score (nSPS) is 24.6. The van der Waals surface area contributed by atoms with Crippen LogP contribution in [-0.4, -0.2) is 25.2 Å². The van der Waals surface area contributed by atoms with E-state index in [4.69, 9.17) is 10.5 Å². The number of nitrogens with two attached hydrogens (primary N) is 1. The minimum Gasteiger partial charge on any atom is -0.374 e. The van der Waals surface area contributed by atoms with E-state index in [1.54, 1.807) is 0 Å². The Morgan fingerprint density at radius 2 is 2.06 bits per heavy atom. The fraction of sp³-hybridized carbons (Fsp3) is 0.600. The van der Waals surface area contributed by atoms with Gasteiger partial charge in [-0.15, -0.1) is 0 Å². The third kappa shape index (κ3) is 4.09. The van der Waals surface area contributed by atoms with Crippen LogP contribution in [0.5, 0.6) is 0 Å². The van der Waals surface area contributed by atoms with Crippen LogP contribution in [0.25, 0.3) is 0 Å². The Labute approximate surface area is 110 Å². The first-order valence-electron chi connectivity index (χ1n) is 6.87. The van der Waals surface area contributed by atoms with Crippen molar-refractivity contribution in [3.05, 3.63) is 35.9 Å².